The molecule has 0 amide bonds. The van der Waals surface area contributed by atoms with Crippen LogP contribution in [0.3, 0.4) is 0 Å². The largest absolute Gasteiger partial charge is 0.493 e. The lowest BCUT2D eigenvalue weighted by Gasteiger charge is -2.09. The summed E-state index contributed by atoms with van der Waals surface area (Å²) in [5.74, 6) is 1.68. The Morgan fingerprint density at radius 3 is 2.28 bits per heavy atom. The molecule has 0 aliphatic heterocycles. The number of hydrogen-bond acceptors (Lipinski definition) is 7. The molecule has 0 saturated carbocycles. The fraction of sp³-hybridized carbons (Fsp3) is 0.130. The number of rotatable bonds is 7. The molecule has 0 aliphatic rings. The molecule has 0 atom stereocenters. The molecule has 1 aromatic heterocycles. The van der Waals surface area contributed by atoms with Crippen LogP contribution in [0, 0.1) is 6.92 Å². The van der Waals surface area contributed by atoms with Crippen LogP contribution in [0.15, 0.2) is 76.1 Å². The minimum atomic E-state index is -3.68. The Kier molecular flexibility index (Phi) is 5.83. The Morgan fingerprint density at radius 1 is 0.906 bits per heavy atom. The topological polar surface area (TPSA) is 104 Å². The molecule has 3 aromatic carbocycles. The van der Waals surface area contributed by atoms with Crippen LogP contribution in [0.5, 0.6) is 11.5 Å². The maximum Gasteiger partial charge on any atom is 0.262 e. The number of sulfonamides is 1. The molecule has 0 unspecified atom stereocenters. The maximum absolute atomic E-state index is 12.6. The van der Waals surface area contributed by atoms with Gasteiger partial charge < -0.3 is 14.0 Å². The maximum atomic E-state index is 12.6. The Labute approximate surface area is 185 Å². The highest BCUT2D eigenvalue weighted by molar-refractivity contribution is 7.92. The third-order valence-corrected chi connectivity index (χ3v) is 6.18. The molecule has 9 heteroatoms. The number of methoxy groups -OCH3 is 2. The summed E-state index contributed by atoms with van der Waals surface area (Å²) in [5.41, 5.74) is 2.68. The second-order valence-corrected chi connectivity index (χ2v) is 8.64. The van der Waals surface area contributed by atoms with Gasteiger partial charge in [-0.05, 0) is 55.5 Å². The number of nitrogens with one attached hydrogen (secondary N) is 1. The van der Waals surface area contributed by atoms with E-state index in [1.807, 2.05) is 6.92 Å². The van der Waals surface area contributed by atoms with Gasteiger partial charge in [-0.25, -0.2) is 8.42 Å². The van der Waals surface area contributed by atoms with Crippen molar-refractivity contribution >= 4 is 15.7 Å². The van der Waals surface area contributed by atoms with Gasteiger partial charge in [-0.2, -0.15) is 4.98 Å². The summed E-state index contributed by atoms with van der Waals surface area (Å²) in [5, 5.41) is 4.03. The Morgan fingerprint density at radius 2 is 1.62 bits per heavy atom. The molecule has 1 heterocycles. The van der Waals surface area contributed by atoms with Gasteiger partial charge in [0.25, 0.3) is 15.9 Å². The molecule has 0 aliphatic carbocycles. The van der Waals surface area contributed by atoms with Gasteiger partial charge in [0.1, 0.15) is 0 Å². The number of ether oxygens (including phenoxy) is 2. The molecule has 1 N–H and O–H groups in total. The average molecular weight is 452 g/mol. The minimum Gasteiger partial charge on any atom is -0.493 e. The number of hydrogen-bond donors (Lipinski definition) is 1. The minimum absolute atomic E-state index is 0.197. The average Bonchev–Trinajstić information content (AvgIpc) is 3.29. The third kappa shape index (κ3) is 4.28. The van der Waals surface area contributed by atoms with Gasteiger partial charge in [-0.15, -0.1) is 0 Å². The number of aromatic nitrogens is 2. The molecule has 32 heavy (non-hydrogen) atoms. The quantitative estimate of drug-likeness (QED) is 0.440. The number of nitrogens with zero attached hydrogens (tertiary/aromatic N) is 2. The third-order valence-electron chi connectivity index (χ3n) is 4.79. The first-order valence-corrected chi connectivity index (χ1v) is 11.1. The van der Waals surface area contributed by atoms with Crippen molar-refractivity contribution in [1.82, 2.24) is 10.1 Å². The van der Waals surface area contributed by atoms with E-state index < -0.39 is 10.0 Å². The molecular weight excluding hydrogens is 430 g/mol. The monoisotopic (exact) mass is 451 g/mol. The fourth-order valence-electron chi connectivity index (χ4n) is 3.12. The van der Waals surface area contributed by atoms with E-state index in [-0.39, 0.29) is 10.8 Å². The van der Waals surface area contributed by atoms with Crippen molar-refractivity contribution in [2.45, 2.75) is 11.8 Å². The Bertz CT molecular complexity index is 1330. The van der Waals surface area contributed by atoms with Gasteiger partial charge >= 0.3 is 0 Å². The predicted octanol–water partition coefficient (Wildman–Crippen LogP) is 4.53. The van der Waals surface area contributed by atoms with Gasteiger partial charge in [0, 0.05) is 11.3 Å². The van der Waals surface area contributed by atoms with E-state index in [0.29, 0.717) is 34.1 Å². The summed E-state index contributed by atoms with van der Waals surface area (Å²) in [6, 6.07) is 18.7. The zero-order valence-corrected chi connectivity index (χ0v) is 18.5. The summed E-state index contributed by atoms with van der Waals surface area (Å²) >= 11 is 0. The van der Waals surface area contributed by atoms with Crippen molar-refractivity contribution in [2.24, 2.45) is 0 Å². The molecule has 0 fully saturated rings. The van der Waals surface area contributed by atoms with E-state index in [1.54, 1.807) is 73.8 Å². The highest BCUT2D eigenvalue weighted by atomic mass is 32.2. The lowest BCUT2D eigenvalue weighted by atomic mass is 10.1. The van der Waals surface area contributed by atoms with Crippen LogP contribution in [-0.4, -0.2) is 32.8 Å². The van der Waals surface area contributed by atoms with Gasteiger partial charge in [0.05, 0.1) is 24.7 Å². The van der Waals surface area contributed by atoms with Crippen molar-refractivity contribution in [3.8, 4) is 34.3 Å². The van der Waals surface area contributed by atoms with Gasteiger partial charge in [-0.1, -0.05) is 28.9 Å². The van der Waals surface area contributed by atoms with Gasteiger partial charge in [-0.3, -0.25) is 4.72 Å². The van der Waals surface area contributed by atoms with E-state index in [0.717, 1.165) is 5.56 Å². The zero-order chi connectivity index (χ0) is 22.7. The van der Waals surface area contributed by atoms with Gasteiger partial charge in [0.15, 0.2) is 11.5 Å². The van der Waals surface area contributed by atoms with Crippen LogP contribution in [0.25, 0.3) is 22.8 Å². The van der Waals surface area contributed by atoms with Crippen LogP contribution in [0.2, 0.25) is 0 Å². The molecule has 4 rings (SSSR count). The number of benzene rings is 3. The Hall–Kier alpha value is -3.85. The van der Waals surface area contributed by atoms with Crippen molar-refractivity contribution in [3.05, 3.63) is 72.3 Å². The molecule has 0 saturated heterocycles. The zero-order valence-electron chi connectivity index (χ0n) is 17.7. The summed E-state index contributed by atoms with van der Waals surface area (Å²) in [6.07, 6.45) is 0. The Balaban J connectivity index is 1.56. The van der Waals surface area contributed by atoms with Crippen LogP contribution in [0.1, 0.15) is 5.56 Å². The molecule has 0 spiro atoms. The molecule has 0 radical (unpaired) electrons. The lowest BCUT2D eigenvalue weighted by Crippen LogP contribution is -2.12. The molecule has 4 aromatic rings. The first-order valence-electron chi connectivity index (χ1n) is 9.66. The second-order valence-electron chi connectivity index (χ2n) is 6.96. The van der Waals surface area contributed by atoms with Crippen LogP contribution in [-0.2, 0) is 10.0 Å². The first-order chi connectivity index (χ1) is 15.4. The van der Waals surface area contributed by atoms with Crippen molar-refractivity contribution in [2.75, 3.05) is 18.9 Å². The summed E-state index contributed by atoms with van der Waals surface area (Å²) in [6.45, 7) is 1.90. The number of para-hydroxylation sites is 1. The molecular formula is C23H21N3O5S. The van der Waals surface area contributed by atoms with Crippen molar-refractivity contribution in [1.29, 1.82) is 0 Å². The number of aryl methyl sites for hydroxylation is 1. The smallest absolute Gasteiger partial charge is 0.262 e. The van der Waals surface area contributed by atoms with E-state index in [2.05, 4.69) is 14.9 Å². The molecule has 8 nitrogen and oxygen atoms in total. The highest BCUT2D eigenvalue weighted by Crippen LogP contribution is 2.37. The molecule has 0 bridgehead atoms. The SMILES string of the molecule is COc1cccc(-c2nc(-c3ccc(NS(=O)(=O)c4ccc(C)cc4)cc3)no2)c1OC. The fourth-order valence-corrected chi connectivity index (χ4v) is 4.18. The van der Waals surface area contributed by atoms with Crippen LogP contribution >= 0.6 is 0 Å². The van der Waals surface area contributed by atoms with E-state index >= 15 is 0 Å². The van der Waals surface area contributed by atoms with E-state index in [1.165, 1.54) is 7.11 Å². The standard InChI is InChI=1S/C23H21N3O5S/c1-15-7-13-18(14-8-15)32(27,28)26-17-11-9-16(10-12-17)22-24-23(31-25-22)19-5-4-6-20(29-2)21(19)30-3/h4-14,26H,1-3H3. The summed E-state index contributed by atoms with van der Waals surface area (Å²) in [4.78, 5) is 4.64. The van der Waals surface area contributed by atoms with Gasteiger partial charge in [0.2, 0.25) is 5.82 Å². The van der Waals surface area contributed by atoms with Crippen LogP contribution in [0.4, 0.5) is 5.69 Å². The highest BCUT2D eigenvalue weighted by Gasteiger charge is 2.18. The van der Waals surface area contributed by atoms with E-state index in [9.17, 15) is 8.42 Å². The normalized spacial score (nSPS) is 11.2. The molecule has 164 valence electrons. The number of anilines is 1. The van der Waals surface area contributed by atoms with Crippen molar-refractivity contribution < 1.29 is 22.4 Å². The second kappa shape index (κ2) is 8.72. The predicted molar refractivity (Wildman–Crippen MR) is 120 cm³/mol. The van der Waals surface area contributed by atoms with Crippen LogP contribution < -0.4 is 14.2 Å². The first kappa shape index (κ1) is 21.4. The summed E-state index contributed by atoms with van der Waals surface area (Å²) in [7, 11) is -0.592. The van der Waals surface area contributed by atoms with Crippen molar-refractivity contribution in [3.63, 3.8) is 0 Å². The summed E-state index contributed by atoms with van der Waals surface area (Å²) < 4.78 is 43.9. The lowest BCUT2D eigenvalue weighted by molar-refractivity contribution is 0.353. The van der Waals surface area contributed by atoms with E-state index in [4.69, 9.17) is 14.0 Å².